The van der Waals surface area contributed by atoms with Crippen molar-refractivity contribution in [1.29, 1.82) is 0 Å². The smallest absolute Gasteiger partial charge is 0.325 e. The maximum Gasteiger partial charge on any atom is 0.325 e. The first-order valence-corrected chi connectivity index (χ1v) is 8.91. The molecule has 1 aromatic rings. The number of hydrogen-bond acceptors (Lipinski definition) is 5. The highest BCUT2D eigenvalue weighted by molar-refractivity contribution is 7.89. The molecule has 0 amide bonds. The first-order valence-electron chi connectivity index (χ1n) is 7.47. The zero-order chi connectivity index (χ0) is 17.3. The quantitative estimate of drug-likeness (QED) is 0.844. The number of carbonyl (C=O) groups excluding carboxylic acids is 1. The molecular formula is C16H23N2O4S. The Morgan fingerprint density at radius 3 is 2.43 bits per heavy atom. The molecule has 0 aromatic heterocycles. The van der Waals surface area contributed by atoms with Gasteiger partial charge in [0.15, 0.2) is 0 Å². The molecule has 1 saturated heterocycles. The topological polar surface area (TPSA) is 75.7 Å². The molecule has 1 radical (unpaired) electrons. The van der Waals surface area contributed by atoms with Crippen molar-refractivity contribution in [2.75, 3.05) is 13.1 Å². The average Bonchev–Trinajstić information content (AvgIpc) is 2.46. The monoisotopic (exact) mass is 339 g/mol. The fourth-order valence-electron chi connectivity index (χ4n) is 2.20. The minimum atomic E-state index is -3.63. The van der Waals surface area contributed by atoms with Gasteiger partial charge in [-0.15, -0.1) is 0 Å². The van der Waals surface area contributed by atoms with Gasteiger partial charge in [-0.2, -0.15) is 4.31 Å². The second kappa shape index (κ2) is 6.59. The Hall–Kier alpha value is -1.44. The van der Waals surface area contributed by atoms with Gasteiger partial charge in [-0.1, -0.05) is 17.7 Å². The lowest BCUT2D eigenvalue weighted by molar-refractivity contribution is -0.157. The highest BCUT2D eigenvalue weighted by atomic mass is 32.2. The minimum Gasteiger partial charge on any atom is -0.459 e. The first-order chi connectivity index (χ1) is 10.6. The third-order valence-corrected chi connectivity index (χ3v) is 5.20. The molecule has 1 aliphatic heterocycles. The maximum atomic E-state index is 12.7. The second-order valence-electron chi connectivity index (χ2n) is 6.59. The van der Waals surface area contributed by atoms with Crippen LogP contribution < -0.4 is 5.32 Å². The van der Waals surface area contributed by atoms with Crippen molar-refractivity contribution in [3.05, 3.63) is 36.4 Å². The van der Waals surface area contributed by atoms with Gasteiger partial charge in [-0.05, 0) is 39.8 Å². The molecule has 0 aliphatic carbocycles. The van der Waals surface area contributed by atoms with E-state index in [1.807, 2.05) is 6.92 Å². The van der Waals surface area contributed by atoms with Gasteiger partial charge in [0.25, 0.3) is 0 Å². The molecule has 1 atom stereocenters. The molecule has 6 nitrogen and oxygen atoms in total. The van der Waals surface area contributed by atoms with E-state index in [4.69, 9.17) is 4.74 Å². The zero-order valence-corrected chi connectivity index (χ0v) is 14.7. The molecule has 1 aliphatic rings. The van der Waals surface area contributed by atoms with Crippen molar-refractivity contribution >= 4 is 16.0 Å². The van der Waals surface area contributed by atoms with Crippen LogP contribution in [0.15, 0.2) is 29.2 Å². The number of piperazine rings is 1. The van der Waals surface area contributed by atoms with Crippen LogP contribution in [-0.4, -0.2) is 43.4 Å². The molecule has 0 bridgehead atoms. The Morgan fingerprint density at radius 1 is 1.26 bits per heavy atom. The van der Waals surface area contributed by atoms with Crippen molar-refractivity contribution in [3.63, 3.8) is 0 Å². The van der Waals surface area contributed by atoms with E-state index >= 15 is 0 Å². The number of nitrogens with zero attached hydrogens (tertiary/aromatic N) is 1. The summed E-state index contributed by atoms with van der Waals surface area (Å²) in [4.78, 5) is 12.4. The van der Waals surface area contributed by atoms with Gasteiger partial charge < -0.3 is 4.74 Å². The van der Waals surface area contributed by atoms with Crippen molar-refractivity contribution in [3.8, 4) is 0 Å². The highest BCUT2D eigenvalue weighted by Crippen LogP contribution is 2.19. The third-order valence-electron chi connectivity index (χ3n) is 3.35. The summed E-state index contributed by atoms with van der Waals surface area (Å²) < 4.78 is 32.0. The summed E-state index contributed by atoms with van der Waals surface area (Å²) in [6, 6.07) is 5.96. The minimum absolute atomic E-state index is 0.0433. The van der Waals surface area contributed by atoms with E-state index in [9.17, 15) is 13.2 Å². The molecule has 0 saturated carbocycles. The summed E-state index contributed by atoms with van der Waals surface area (Å²) in [5.41, 5.74) is 0.374. The fraction of sp³-hybridized carbons (Fsp3) is 0.500. The molecule has 23 heavy (non-hydrogen) atoms. The number of aryl methyl sites for hydroxylation is 1. The number of rotatable bonds is 3. The molecule has 1 N–H and O–H groups in total. The van der Waals surface area contributed by atoms with Gasteiger partial charge in [0.1, 0.15) is 11.6 Å². The number of esters is 1. The van der Waals surface area contributed by atoms with E-state index in [2.05, 4.69) is 5.32 Å². The lowest BCUT2D eigenvalue weighted by Gasteiger charge is -2.33. The molecule has 127 valence electrons. The van der Waals surface area contributed by atoms with Crippen molar-refractivity contribution in [2.24, 2.45) is 0 Å². The van der Waals surface area contributed by atoms with Crippen molar-refractivity contribution < 1.29 is 17.9 Å². The van der Waals surface area contributed by atoms with Gasteiger partial charge in [0.05, 0.1) is 4.90 Å². The molecule has 7 heteroatoms. The molecule has 0 spiro atoms. The second-order valence-corrected chi connectivity index (χ2v) is 8.53. The fourth-order valence-corrected chi connectivity index (χ4v) is 3.59. The lowest BCUT2D eigenvalue weighted by Crippen LogP contribution is -2.54. The van der Waals surface area contributed by atoms with Gasteiger partial charge in [-0.3, -0.25) is 10.1 Å². The van der Waals surface area contributed by atoms with E-state index in [0.717, 1.165) is 5.56 Å². The van der Waals surface area contributed by atoms with Crippen molar-refractivity contribution in [1.82, 2.24) is 9.62 Å². The number of ether oxygens (including phenoxy) is 1. The number of nitrogens with one attached hydrogen (secondary N) is 1. The number of benzene rings is 1. The van der Waals surface area contributed by atoms with Gasteiger partial charge in [0.2, 0.25) is 10.0 Å². The van der Waals surface area contributed by atoms with Crippen LogP contribution in [0.4, 0.5) is 0 Å². The van der Waals surface area contributed by atoms with Crippen molar-refractivity contribution in [2.45, 2.75) is 44.2 Å². The highest BCUT2D eigenvalue weighted by Gasteiger charge is 2.35. The Balaban J connectivity index is 2.14. The predicted octanol–water partition coefficient (Wildman–Crippen LogP) is 1.46. The number of carbonyl (C=O) groups is 1. The van der Waals surface area contributed by atoms with E-state index in [1.165, 1.54) is 4.31 Å². The number of hydrogen-bond donors (Lipinski definition) is 1. The zero-order valence-electron chi connectivity index (χ0n) is 13.9. The summed E-state index contributed by atoms with van der Waals surface area (Å²) >= 11 is 0. The van der Waals surface area contributed by atoms with E-state index in [0.29, 0.717) is 0 Å². The standard InChI is InChI=1S/C16H23N2O4S/c1-12-5-7-13(8-6-12)23(20,21)18-10-9-17-14(11-18)15(19)22-16(2,3)4/h5-9,14,17H,10-11H2,1-4H3. The SMILES string of the molecule is Cc1ccc(S(=O)(=O)N2C[CH]NC(C(=O)OC(C)(C)C)C2)cc1. The largest absolute Gasteiger partial charge is 0.459 e. The van der Waals surface area contributed by atoms with Crippen LogP contribution in [0.2, 0.25) is 0 Å². The van der Waals surface area contributed by atoms with Crippen LogP contribution in [0.5, 0.6) is 0 Å². The van der Waals surface area contributed by atoms with E-state index in [-0.39, 0.29) is 18.0 Å². The van der Waals surface area contributed by atoms with Crippen LogP contribution >= 0.6 is 0 Å². The molecule has 1 unspecified atom stereocenters. The molecule has 1 fully saturated rings. The Kier molecular flexibility index (Phi) is 5.13. The third kappa shape index (κ3) is 4.53. The Morgan fingerprint density at radius 2 is 1.87 bits per heavy atom. The van der Waals surface area contributed by atoms with Crippen LogP contribution in [-0.2, 0) is 19.6 Å². The normalized spacial score (nSPS) is 20.3. The maximum absolute atomic E-state index is 12.7. The van der Waals surface area contributed by atoms with Crippen LogP contribution in [0.25, 0.3) is 0 Å². The summed E-state index contributed by atoms with van der Waals surface area (Å²) in [7, 11) is -3.63. The summed E-state index contributed by atoms with van der Waals surface area (Å²) in [6.45, 7) is 9.04. The van der Waals surface area contributed by atoms with Crippen LogP contribution in [0.3, 0.4) is 0 Å². The van der Waals surface area contributed by atoms with Crippen LogP contribution in [0.1, 0.15) is 26.3 Å². The van der Waals surface area contributed by atoms with Gasteiger partial charge >= 0.3 is 5.97 Å². The van der Waals surface area contributed by atoms with E-state index < -0.39 is 27.6 Å². The average molecular weight is 339 g/mol. The van der Waals surface area contributed by atoms with Crippen LogP contribution in [0, 0.1) is 13.5 Å². The summed E-state index contributed by atoms with van der Waals surface area (Å²) in [5, 5.41) is 2.90. The Bertz CT molecular complexity index is 662. The number of sulfonamides is 1. The lowest BCUT2D eigenvalue weighted by atomic mass is 10.2. The van der Waals surface area contributed by atoms with Gasteiger partial charge in [-0.25, -0.2) is 8.42 Å². The van der Waals surface area contributed by atoms with E-state index in [1.54, 1.807) is 51.6 Å². The summed E-state index contributed by atoms with van der Waals surface area (Å²) in [5.74, 6) is -0.461. The predicted molar refractivity (Wildman–Crippen MR) is 87.0 cm³/mol. The van der Waals surface area contributed by atoms with Gasteiger partial charge in [0, 0.05) is 19.6 Å². The summed E-state index contributed by atoms with van der Waals surface area (Å²) in [6.07, 6.45) is 0. The molecule has 2 rings (SSSR count). The molecule has 1 aromatic carbocycles. The molecule has 1 heterocycles. The Labute approximate surface area is 137 Å². The first kappa shape index (κ1) is 17.9. The molecular weight excluding hydrogens is 316 g/mol.